The first kappa shape index (κ1) is 13.7. The van der Waals surface area contributed by atoms with Crippen molar-refractivity contribution in [1.82, 2.24) is 15.1 Å². The molecular weight excluding hydrogens is 270 g/mol. The molecule has 0 bridgehead atoms. The number of hydrogen-bond donors (Lipinski definition) is 1. The van der Waals surface area contributed by atoms with Crippen molar-refractivity contribution >= 4 is 11.6 Å². The van der Waals surface area contributed by atoms with Gasteiger partial charge >= 0.3 is 0 Å². The number of rotatable bonds is 5. The van der Waals surface area contributed by atoms with Gasteiger partial charge in [-0.3, -0.25) is 4.68 Å². The van der Waals surface area contributed by atoms with Gasteiger partial charge in [-0.05, 0) is 38.3 Å². The molecule has 0 amide bonds. The monoisotopic (exact) mass is 289 g/mol. The quantitative estimate of drug-likeness (QED) is 0.914. The Bertz CT molecular complexity index is 614. The molecule has 1 aromatic carbocycles. The van der Waals surface area contributed by atoms with Gasteiger partial charge in [0.1, 0.15) is 0 Å². The first-order valence-electron chi connectivity index (χ1n) is 7.15. The molecule has 1 N–H and O–H groups in total. The van der Waals surface area contributed by atoms with Gasteiger partial charge in [-0.2, -0.15) is 5.10 Å². The maximum atomic E-state index is 6.23. The lowest BCUT2D eigenvalue weighted by atomic mass is 10.2. The maximum Gasteiger partial charge on any atom is 0.0677 e. The lowest BCUT2D eigenvalue weighted by Gasteiger charge is -2.08. The molecule has 0 saturated heterocycles. The van der Waals surface area contributed by atoms with Gasteiger partial charge in [0.15, 0.2) is 0 Å². The zero-order chi connectivity index (χ0) is 14.1. The van der Waals surface area contributed by atoms with Gasteiger partial charge in [-0.1, -0.05) is 29.8 Å². The number of aromatic nitrogens is 2. The van der Waals surface area contributed by atoms with Gasteiger partial charge in [0.2, 0.25) is 0 Å². The molecule has 1 saturated carbocycles. The Morgan fingerprint density at radius 2 is 2.05 bits per heavy atom. The van der Waals surface area contributed by atoms with Crippen molar-refractivity contribution in [2.24, 2.45) is 0 Å². The predicted octanol–water partition coefficient (Wildman–Crippen LogP) is 3.45. The third kappa shape index (κ3) is 2.89. The number of halogens is 1. The van der Waals surface area contributed by atoms with Gasteiger partial charge in [-0.25, -0.2) is 0 Å². The molecule has 0 atom stereocenters. The third-order valence-electron chi connectivity index (χ3n) is 3.95. The maximum absolute atomic E-state index is 6.23. The molecule has 0 aliphatic heterocycles. The van der Waals surface area contributed by atoms with E-state index in [2.05, 4.69) is 35.0 Å². The molecule has 1 aliphatic rings. The summed E-state index contributed by atoms with van der Waals surface area (Å²) in [4.78, 5) is 0. The van der Waals surface area contributed by atoms with E-state index in [1.807, 2.05) is 18.2 Å². The molecule has 1 aliphatic carbocycles. The van der Waals surface area contributed by atoms with E-state index in [4.69, 9.17) is 11.6 Å². The van der Waals surface area contributed by atoms with Gasteiger partial charge in [0, 0.05) is 28.9 Å². The predicted molar refractivity (Wildman–Crippen MR) is 82.1 cm³/mol. The van der Waals surface area contributed by atoms with Crippen molar-refractivity contribution < 1.29 is 0 Å². The fraction of sp³-hybridized carbons (Fsp3) is 0.438. The summed E-state index contributed by atoms with van der Waals surface area (Å²) in [5.74, 6) is 0. The normalized spacial score (nSPS) is 14.8. The highest BCUT2D eigenvalue weighted by atomic mass is 35.5. The van der Waals surface area contributed by atoms with E-state index in [1.54, 1.807) is 0 Å². The Hall–Kier alpha value is -1.32. The second-order valence-electron chi connectivity index (χ2n) is 5.55. The van der Waals surface area contributed by atoms with E-state index in [1.165, 1.54) is 24.1 Å². The molecule has 0 unspecified atom stereocenters. The summed E-state index contributed by atoms with van der Waals surface area (Å²) in [6.07, 6.45) is 2.62. The van der Waals surface area contributed by atoms with Gasteiger partial charge < -0.3 is 5.32 Å². The van der Waals surface area contributed by atoms with Crippen LogP contribution in [-0.4, -0.2) is 15.8 Å². The molecular formula is C16H20ClN3. The number of nitrogens with zero attached hydrogens (tertiary/aromatic N) is 2. The van der Waals surface area contributed by atoms with Crippen LogP contribution in [-0.2, 0) is 13.1 Å². The number of hydrogen-bond acceptors (Lipinski definition) is 2. The molecule has 0 radical (unpaired) electrons. The summed E-state index contributed by atoms with van der Waals surface area (Å²) in [5.41, 5.74) is 4.78. The molecule has 3 nitrogen and oxygen atoms in total. The lowest BCUT2D eigenvalue weighted by Crippen LogP contribution is -2.16. The van der Waals surface area contributed by atoms with Crippen LogP contribution in [0.2, 0.25) is 5.02 Å². The smallest absolute Gasteiger partial charge is 0.0677 e. The molecule has 0 spiro atoms. The second-order valence-corrected chi connectivity index (χ2v) is 5.96. The highest BCUT2D eigenvalue weighted by Crippen LogP contribution is 2.22. The summed E-state index contributed by atoms with van der Waals surface area (Å²) in [7, 11) is 0. The summed E-state index contributed by atoms with van der Waals surface area (Å²) >= 11 is 6.23. The first-order chi connectivity index (χ1) is 9.65. The molecule has 1 fully saturated rings. The standard InChI is InChI=1S/C16H20ClN3/c1-11-15(9-18-14-7-8-14)12(2)20(19-11)10-13-5-3-4-6-16(13)17/h3-6,14,18H,7-10H2,1-2H3. The van der Waals surface area contributed by atoms with Crippen LogP contribution in [0.25, 0.3) is 0 Å². The first-order valence-corrected chi connectivity index (χ1v) is 7.52. The fourth-order valence-corrected chi connectivity index (χ4v) is 2.66. The van der Waals surface area contributed by atoms with E-state index in [9.17, 15) is 0 Å². The summed E-state index contributed by atoms with van der Waals surface area (Å²) in [5, 5.41) is 9.03. The molecule has 3 rings (SSSR count). The summed E-state index contributed by atoms with van der Waals surface area (Å²) < 4.78 is 2.06. The average Bonchev–Trinajstić information content (AvgIpc) is 3.20. The fourth-order valence-electron chi connectivity index (χ4n) is 2.47. The number of benzene rings is 1. The van der Waals surface area contributed by atoms with Crippen molar-refractivity contribution in [1.29, 1.82) is 0 Å². The summed E-state index contributed by atoms with van der Waals surface area (Å²) in [6, 6.07) is 8.68. The Morgan fingerprint density at radius 1 is 1.30 bits per heavy atom. The van der Waals surface area contributed by atoms with Crippen LogP contribution in [0, 0.1) is 13.8 Å². The zero-order valence-electron chi connectivity index (χ0n) is 12.0. The van der Waals surface area contributed by atoms with Crippen molar-refractivity contribution in [2.75, 3.05) is 0 Å². The molecule has 1 aromatic heterocycles. The van der Waals surface area contributed by atoms with Crippen LogP contribution in [0.3, 0.4) is 0 Å². The zero-order valence-corrected chi connectivity index (χ0v) is 12.7. The van der Waals surface area contributed by atoms with Gasteiger partial charge in [0.05, 0.1) is 12.2 Å². The number of aryl methyl sites for hydroxylation is 1. The lowest BCUT2D eigenvalue weighted by molar-refractivity contribution is 0.652. The van der Waals surface area contributed by atoms with E-state index in [0.717, 1.165) is 35.4 Å². The molecule has 4 heteroatoms. The van der Waals surface area contributed by atoms with E-state index in [-0.39, 0.29) is 0 Å². The minimum Gasteiger partial charge on any atom is -0.310 e. The van der Waals surface area contributed by atoms with Crippen molar-refractivity contribution in [3.63, 3.8) is 0 Å². The van der Waals surface area contributed by atoms with Crippen molar-refractivity contribution in [3.8, 4) is 0 Å². The van der Waals surface area contributed by atoms with E-state index >= 15 is 0 Å². The average molecular weight is 290 g/mol. The Labute approximate surface area is 124 Å². The van der Waals surface area contributed by atoms with Crippen LogP contribution < -0.4 is 5.32 Å². The highest BCUT2D eigenvalue weighted by molar-refractivity contribution is 6.31. The molecule has 1 heterocycles. The highest BCUT2D eigenvalue weighted by Gasteiger charge is 2.21. The van der Waals surface area contributed by atoms with Crippen LogP contribution in [0.15, 0.2) is 24.3 Å². The minimum atomic E-state index is 0.723. The Balaban J connectivity index is 1.79. The molecule has 20 heavy (non-hydrogen) atoms. The van der Waals surface area contributed by atoms with Crippen molar-refractivity contribution in [3.05, 3.63) is 51.8 Å². The molecule has 2 aromatic rings. The van der Waals surface area contributed by atoms with Crippen LogP contribution in [0.1, 0.15) is 35.4 Å². The van der Waals surface area contributed by atoms with Gasteiger partial charge in [0.25, 0.3) is 0 Å². The SMILES string of the molecule is Cc1nn(Cc2ccccc2Cl)c(C)c1CNC1CC1. The largest absolute Gasteiger partial charge is 0.310 e. The Morgan fingerprint density at radius 3 is 2.75 bits per heavy atom. The van der Waals surface area contributed by atoms with E-state index < -0.39 is 0 Å². The summed E-state index contributed by atoms with van der Waals surface area (Å²) in [6.45, 7) is 5.88. The van der Waals surface area contributed by atoms with Crippen LogP contribution in [0.5, 0.6) is 0 Å². The van der Waals surface area contributed by atoms with Crippen LogP contribution in [0.4, 0.5) is 0 Å². The Kier molecular flexibility index (Phi) is 3.81. The number of nitrogens with one attached hydrogen (secondary N) is 1. The topological polar surface area (TPSA) is 29.9 Å². The van der Waals surface area contributed by atoms with Gasteiger partial charge in [-0.15, -0.1) is 0 Å². The third-order valence-corrected chi connectivity index (χ3v) is 4.32. The second kappa shape index (κ2) is 5.58. The van der Waals surface area contributed by atoms with Crippen molar-refractivity contribution in [2.45, 2.75) is 45.8 Å². The molecule has 106 valence electrons. The van der Waals surface area contributed by atoms with E-state index in [0.29, 0.717) is 0 Å². The van der Waals surface area contributed by atoms with Crippen LogP contribution >= 0.6 is 11.6 Å². The minimum absolute atomic E-state index is 0.723.